The van der Waals surface area contributed by atoms with Crippen molar-refractivity contribution < 1.29 is 19.1 Å². The molecule has 1 aromatic rings. The number of fused-ring (bicyclic) bond motifs is 6. The molecule has 2 heterocycles. The third kappa shape index (κ3) is 1.37. The Morgan fingerprint density at radius 3 is 1.57 bits per heavy atom. The minimum atomic E-state index is -0.789. The molecule has 0 fully saturated rings. The van der Waals surface area contributed by atoms with Gasteiger partial charge in [-0.25, -0.2) is 9.59 Å². The molecule has 2 aliphatic heterocycles. The van der Waals surface area contributed by atoms with Crippen molar-refractivity contribution in [3.8, 4) is 11.5 Å². The van der Waals surface area contributed by atoms with E-state index in [1.54, 1.807) is 24.3 Å². The van der Waals surface area contributed by atoms with Crippen LogP contribution in [-0.4, -0.2) is 11.9 Å². The lowest BCUT2D eigenvalue weighted by Crippen LogP contribution is -2.20. The predicted molar refractivity (Wildman–Crippen MR) is 46.9 cm³/mol. The van der Waals surface area contributed by atoms with Gasteiger partial charge in [0.05, 0.1) is 0 Å². The minimum absolute atomic E-state index is 0.313. The van der Waals surface area contributed by atoms with Gasteiger partial charge in [0.1, 0.15) is 17.1 Å². The Kier molecular flexibility index (Phi) is 1.81. The molecule has 14 heavy (non-hydrogen) atoms. The quantitative estimate of drug-likeness (QED) is 0.266. The fourth-order valence-electron chi connectivity index (χ4n) is 0.996. The van der Waals surface area contributed by atoms with Gasteiger partial charge in [0.15, 0.2) is 0 Å². The second-order valence-electron chi connectivity index (χ2n) is 2.73. The Morgan fingerprint density at radius 2 is 1.21 bits per heavy atom. The van der Waals surface area contributed by atoms with Crippen LogP contribution >= 0.6 is 0 Å². The van der Waals surface area contributed by atoms with E-state index in [0.29, 0.717) is 11.5 Å². The highest BCUT2D eigenvalue weighted by atomic mass is 16.6. The molecule has 0 saturated heterocycles. The van der Waals surface area contributed by atoms with Gasteiger partial charge >= 0.3 is 11.9 Å². The van der Waals surface area contributed by atoms with Crippen LogP contribution in [-0.2, 0) is 9.59 Å². The van der Waals surface area contributed by atoms with Gasteiger partial charge in [0, 0.05) is 0 Å². The number of hydrogen-bond acceptors (Lipinski definition) is 4. The molecule has 0 amide bonds. The minimum Gasteiger partial charge on any atom is -0.423 e. The van der Waals surface area contributed by atoms with Crippen LogP contribution in [0.25, 0.3) is 0 Å². The van der Waals surface area contributed by atoms with Crippen LogP contribution < -0.4 is 9.47 Å². The summed E-state index contributed by atoms with van der Waals surface area (Å²) >= 11 is 0. The SMILES string of the molecule is C=C1C(=O)Oc2ccc(cc2)OC1=O. The number of benzene rings is 1. The molecule has 2 aliphatic rings. The summed E-state index contributed by atoms with van der Waals surface area (Å²) in [6, 6.07) is 6.16. The number of ether oxygens (including phenoxy) is 2. The van der Waals surface area contributed by atoms with Crippen LogP contribution in [0.15, 0.2) is 36.4 Å². The molecule has 0 saturated carbocycles. The average molecular weight is 190 g/mol. The number of rotatable bonds is 0. The number of hydrogen-bond donors (Lipinski definition) is 0. The molecule has 1 aromatic carbocycles. The maximum Gasteiger partial charge on any atom is 0.350 e. The summed E-state index contributed by atoms with van der Waals surface area (Å²) in [5.74, 6) is -0.860. The molecule has 0 atom stereocenters. The highest BCUT2D eigenvalue weighted by Crippen LogP contribution is 2.21. The van der Waals surface area contributed by atoms with Crippen LogP contribution in [0, 0.1) is 0 Å². The van der Waals surface area contributed by atoms with E-state index in [4.69, 9.17) is 9.47 Å². The van der Waals surface area contributed by atoms with E-state index in [1.165, 1.54) is 0 Å². The molecule has 4 nitrogen and oxygen atoms in total. The Hall–Kier alpha value is -2.10. The Balaban J connectivity index is 2.46. The van der Waals surface area contributed by atoms with Crippen molar-refractivity contribution in [2.24, 2.45) is 0 Å². The fourth-order valence-corrected chi connectivity index (χ4v) is 0.996. The summed E-state index contributed by atoms with van der Waals surface area (Å²) in [6.45, 7) is 3.28. The average Bonchev–Trinajstić information content (AvgIpc) is 2.25. The van der Waals surface area contributed by atoms with E-state index < -0.39 is 11.9 Å². The van der Waals surface area contributed by atoms with Crippen LogP contribution in [0.4, 0.5) is 0 Å². The first kappa shape index (κ1) is 8.50. The zero-order chi connectivity index (χ0) is 10.1. The highest BCUT2D eigenvalue weighted by molar-refractivity contribution is 6.14. The summed E-state index contributed by atoms with van der Waals surface area (Å²) in [5.41, 5.74) is -0.313. The van der Waals surface area contributed by atoms with Crippen molar-refractivity contribution in [2.45, 2.75) is 0 Å². The first-order chi connectivity index (χ1) is 6.66. The van der Waals surface area contributed by atoms with E-state index in [1.807, 2.05) is 0 Å². The zero-order valence-electron chi connectivity index (χ0n) is 7.15. The van der Waals surface area contributed by atoms with E-state index in [-0.39, 0.29) is 5.57 Å². The molecule has 3 rings (SSSR count). The molecule has 0 aromatic heterocycles. The van der Waals surface area contributed by atoms with Gasteiger partial charge in [0.25, 0.3) is 0 Å². The van der Waals surface area contributed by atoms with Crippen LogP contribution in [0.5, 0.6) is 11.5 Å². The van der Waals surface area contributed by atoms with Crippen molar-refractivity contribution in [3.05, 3.63) is 36.4 Å². The maximum atomic E-state index is 11.2. The lowest BCUT2D eigenvalue weighted by atomic mass is 10.3. The van der Waals surface area contributed by atoms with E-state index in [0.717, 1.165) is 0 Å². The summed E-state index contributed by atoms with van der Waals surface area (Å²) in [6.07, 6.45) is 0. The van der Waals surface area contributed by atoms with Gasteiger partial charge in [-0.2, -0.15) is 0 Å². The third-order valence-corrected chi connectivity index (χ3v) is 1.74. The molecule has 0 aliphatic carbocycles. The largest absolute Gasteiger partial charge is 0.423 e. The molecule has 2 bridgehead atoms. The highest BCUT2D eigenvalue weighted by Gasteiger charge is 2.22. The van der Waals surface area contributed by atoms with Gasteiger partial charge in [-0.1, -0.05) is 6.58 Å². The fraction of sp³-hybridized carbons (Fsp3) is 0. The number of carbonyl (C=O) groups excluding carboxylic acids is 2. The Labute approximate surface area is 79.7 Å². The van der Waals surface area contributed by atoms with Gasteiger partial charge in [-0.15, -0.1) is 0 Å². The van der Waals surface area contributed by atoms with Crippen molar-refractivity contribution in [1.29, 1.82) is 0 Å². The zero-order valence-corrected chi connectivity index (χ0v) is 7.15. The number of carbonyl (C=O) groups is 2. The van der Waals surface area contributed by atoms with E-state index in [9.17, 15) is 9.59 Å². The molecule has 0 N–H and O–H groups in total. The standard InChI is InChI=1S/C10H6O4/c1-6-9(11)13-7-2-3-8(5-4-7)14-10(6)12/h2-5H,1H2. The maximum absolute atomic E-state index is 11.2. The van der Waals surface area contributed by atoms with Gasteiger partial charge in [-0.3, -0.25) is 0 Å². The molecule has 0 spiro atoms. The third-order valence-electron chi connectivity index (χ3n) is 1.74. The molecule has 0 unspecified atom stereocenters. The summed E-state index contributed by atoms with van der Waals surface area (Å²) in [4.78, 5) is 22.4. The second-order valence-corrected chi connectivity index (χ2v) is 2.73. The predicted octanol–water partition coefficient (Wildman–Crippen LogP) is 1.07. The van der Waals surface area contributed by atoms with E-state index in [2.05, 4.69) is 6.58 Å². The topological polar surface area (TPSA) is 52.6 Å². The summed E-state index contributed by atoms with van der Waals surface area (Å²) < 4.78 is 9.66. The van der Waals surface area contributed by atoms with E-state index >= 15 is 0 Å². The van der Waals surface area contributed by atoms with Crippen molar-refractivity contribution in [3.63, 3.8) is 0 Å². The van der Waals surface area contributed by atoms with Gasteiger partial charge in [-0.05, 0) is 24.3 Å². The summed E-state index contributed by atoms with van der Waals surface area (Å²) in [7, 11) is 0. The van der Waals surface area contributed by atoms with Crippen LogP contribution in [0.2, 0.25) is 0 Å². The first-order valence-electron chi connectivity index (χ1n) is 3.90. The van der Waals surface area contributed by atoms with Crippen LogP contribution in [0.1, 0.15) is 0 Å². The van der Waals surface area contributed by atoms with Gasteiger partial charge in [0.2, 0.25) is 0 Å². The van der Waals surface area contributed by atoms with Crippen molar-refractivity contribution in [2.75, 3.05) is 0 Å². The molecular weight excluding hydrogens is 184 g/mol. The van der Waals surface area contributed by atoms with Crippen molar-refractivity contribution >= 4 is 11.9 Å². The van der Waals surface area contributed by atoms with Gasteiger partial charge < -0.3 is 9.47 Å². The molecular formula is C10H6O4. The van der Waals surface area contributed by atoms with Crippen molar-refractivity contribution in [1.82, 2.24) is 0 Å². The Morgan fingerprint density at radius 1 is 0.857 bits per heavy atom. The molecule has 0 radical (unpaired) electrons. The normalized spacial score (nSPS) is 15.3. The lowest BCUT2D eigenvalue weighted by Gasteiger charge is -2.01. The van der Waals surface area contributed by atoms with Crippen LogP contribution in [0.3, 0.4) is 0 Å². The molecule has 4 heteroatoms. The number of esters is 2. The monoisotopic (exact) mass is 190 g/mol. The second kappa shape index (κ2) is 2.99. The molecule has 70 valence electrons. The summed E-state index contributed by atoms with van der Waals surface area (Å²) in [5, 5.41) is 0. The Bertz CT molecular complexity index is 377. The first-order valence-corrected chi connectivity index (χ1v) is 3.90. The lowest BCUT2D eigenvalue weighted by molar-refractivity contribution is -0.137. The smallest absolute Gasteiger partial charge is 0.350 e.